The molecule has 0 bridgehead atoms. The van der Waals surface area contributed by atoms with Crippen molar-refractivity contribution in [2.24, 2.45) is 5.92 Å². The molecule has 0 aromatic heterocycles. The third-order valence-electron chi connectivity index (χ3n) is 3.56. The molecule has 1 N–H and O–H groups in total. The predicted molar refractivity (Wildman–Crippen MR) is 76.6 cm³/mol. The first-order valence-electron chi connectivity index (χ1n) is 6.63. The maximum Gasteiger partial charge on any atom is 0.242 e. The van der Waals surface area contributed by atoms with Crippen molar-refractivity contribution in [2.45, 2.75) is 31.2 Å². The minimum Gasteiger partial charge on any atom is -0.486 e. The number of ether oxygens (including phenoxy) is 2. The molecule has 1 aromatic rings. The Bertz CT molecular complexity index is 679. The molecule has 0 radical (unpaired) electrons. The molecule has 0 spiro atoms. The van der Waals surface area contributed by atoms with Gasteiger partial charge in [0.05, 0.1) is 11.0 Å². The largest absolute Gasteiger partial charge is 0.486 e. The third-order valence-corrected chi connectivity index (χ3v) is 5.12. The van der Waals surface area contributed by atoms with Crippen molar-refractivity contribution in [3.05, 3.63) is 18.2 Å². The molecular formula is C14H18N2O4S. The molecule has 1 atom stereocenters. The van der Waals surface area contributed by atoms with Gasteiger partial charge in [-0.3, -0.25) is 0 Å². The van der Waals surface area contributed by atoms with Crippen LogP contribution in [-0.2, 0) is 10.0 Å². The van der Waals surface area contributed by atoms with Crippen LogP contribution >= 0.6 is 0 Å². The van der Waals surface area contributed by atoms with Crippen LogP contribution in [0.15, 0.2) is 23.1 Å². The van der Waals surface area contributed by atoms with Crippen LogP contribution in [-0.4, -0.2) is 27.2 Å². The van der Waals surface area contributed by atoms with Crippen LogP contribution in [0.25, 0.3) is 0 Å². The molecule has 0 saturated heterocycles. The SMILES string of the molecule is CC(C)[C@@](C)(C#N)NS(=O)(=O)c1ccc2c(c1)OCCO2. The number of rotatable bonds is 4. The minimum atomic E-state index is -3.82. The van der Waals surface area contributed by atoms with Crippen molar-refractivity contribution >= 4 is 10.0 Å². The molecule has 1 heterocycles. The van der Waals surface area contributed by atoms with Crippen molar-refractivity contribution in [1.82, 2.24) is 4.72 Å². The highest BCUT2D eigenvalue weighted by Crippen LogP contribution is 2.32. The molecule has 1 aromatic carbocycles. The second-order valence-electron chi connectivity index (χ2n) is 5.38. The first-order chi connectivity index (χ1) is 9.78. The van der Waals surface area contributed by atoms with Crippen molar-refractivity contribution in [2.75, 3.05) is 13.2 Å². The lowest BCUT2D eigenvalue weighted by atomic mass is 9.92. The van der Waals surface area contributed by atoms with Crippen LogP contribution in [0, 0.1) is 17.2 Å². The van der Waals surface area contributed by atoms with Gasteiger partial charge in [-0.25, -0.2) is 8.42 Å². The number of benzene rings is 1. The fraction of sp³-hybridized carbons (Fsp3) is 0.500. The number of nitrogens with zero attached hydrogens (tertiary/aromatic N) is 1. The van der Waals surface area contributed by atoms with Gasteiger partial charge in [-0.15, -0.1) is 0 Å². The van der Waals surface area contributed by atoms with E-state index in [1.54, 1.807) is 26.8 Å². The van der Waals surface area contributed by atoms with Crippen LogP contribution < -0.4 is 14.2 Å². The normalized spacial score (nSPS) is 17.1. The smallest absolute Gasteiger partial charge is 0.242 e. The number of sulfonamides is 1. The van der Waals surface area contributed by atoms with Crippen molar-refractivity contribution in [3.63, 3.8) is 0 Å². The Morgan fingerprint density at radius 1 is 1.29 bits per heavy atom. The quantitative estimate of drug-likeness (QED) is 0.914. The Morgan fingerprint density at radius 2 is 1.90 bits per heavy atom. The molecule has 7 heteroatoms. The maximum atomic E-state index is 12.4. The monoisotopic (exact) mass is 310 g/mol. The van der Waals surface area contributed by atoms with E-state index < -0.39 is 15.6 Å². The summed E-state index contributed by atoms with van der Waals surface area (Å²) in [6.45, 7) is 5.96. The Hall–Kier alpha value is -1.78. The van der Waals surface area contributed by atoms with E-state index in [0.717, 1.165) is 0 Å². The van der Waals surface area contributed by atoms with Crippen molar-refractivity contribution in [1.29, 1.82) is 5.26 Å². The summed E-state index contributed by atoms with van der Waals surface area (Å²) in [5.41, 5.74) is -1.17. The molecule has 21 heavy (non-hydrogen) atoms. The van der Waals surface area contributed by atoms with Gasteiger partial charge in [-0.1, -0.05) is 13.8 Å². The van der Waals surface area contributed by atoms with Gasteiger partial charge in [0.15, 0.2) is 11.5 Å². The second kappa shape index (κ2) is 5.54. The first kappa shape index (κ1) is 15.6. The fourth-order valence-corrected chi connectivity index (χ4v) is 3.27. The first-order valence-corrected chi connectivity index (χ1v) is 8.12. The van der Waals surface area contributed by atoms with E-state index in [0.29, 0.717) is 24.7 Å². The molecule has 0 unspecified atom stereocenters. The minimum absolute atomic E-state index is 0.0499. The topological polar surface area (TPSA) is 88.4 Å². The average Bonchev–Trinajstić information content (AvgIpc) is 2.46. The lowest BCUT2D eigenvalue weighted by molar-refractivity contribution is 0.171. The van der Waals surface area contributed by atoms with Crippen LogP contribution in [0.2, 0.25) is 0 Å². The summed E-state index contributed by atoms with van der Waals surface area (Å²) >= 11 is 0. The Balaban J connectivity index is 2.34. The number of nitriles is 1. The van der Waals surface area contributed by atoms with E-state index in [1.807, 2.05) is 6.07 Å². The summed E-state index contributed by atoms with van der Waals surface area (Å²) in [4.78, 5) is 0.0499. The average molecular weight is 310 g/mol. The van der Waals surface area contributed by atoms with E-state index in [-0.39, 0.29) is 10.8 Å². The van der Waals surface area contributed by atoms with E-state index in [9.17, 15) is 13.7 Å². The van der Waals surface area contributed by atoms with Gasteiger partial charge in [-0.2, -0.15) is 9.98 Å². The summed E-state index contributed by atoms with van der Waals surface area (Å²) in [6, 6.07) is 6.43. The highest BCUT2D eigenvalue weighted by Gasteiger charge is 2.34. The van der Waals surface area contributed by atoms with E-state index in [4.69, 9.17) is 9.47 Å². The summed E-state index contributed by atoms with van der Waals surface area (Å²) in [5, 5.41) is 9.24. The lowest BCUT2D eigenvalue weighted by Crippen LogP contribution is -2.48. The number of fused-ring (bicyclic) bond motifs is 1. The van der Waals surface area contributed by atoms with Crippen molar-refractivity contribution < 1.29 is 17.9 Å². The molecule has 0 saturated carbocycles. The molecule has 1 aliphatic rings. The molecule has 0 fully saturated rings. The zero-order chi connectivity index (χ0) is 15.7. The van der Waals surface area contributed by atoms with Crippen LogP contribution in [0.5, 0.6) is 11.5 Å². The summed E-state index contributed by atoms with van der Waals surface area (Å²) in [7, 11) is -3.82. The molecule has 0 amide bonds. The third kappa shape index (κ3) is 3.12. The van der Waals surface area contributed by atoms with Crippen LogP contribution in [0.3, 0.4) is 0 Å². The van der Waals surface area contributed by atoms with Gasteiger partial charge in [0.1, 0.15) is 18.8 Å². The standard InChI is InChI=1S/C14H18N2O4S/c1-10(2)14(3,9-15)16-21(17,18)11-4-5-12-13(8-11)20-7-6-19-12/h4-5,8,10,16H,6-7H2,1-3H3/t14-/m1/s1. The summed E-state index contributed by atoms with van der Waals surface area (Å²) < 4.78 is 38.1. The highest BCUT2D eigenvalue weighted by atomic mass is 32.2. The van der Waals surface area contributed by atoms with Gasteiger partial charge in [0.25, 0.3) is 0 Å². The summed E-state index contributed by atoms with van der Waals surface area (Å²) in [6.07, 6.45) is 0. The molecule has 6 nitrogen and oxygen atoms in total. The Morgan fingerprint density at radius 3 is 2.48 bits per heavy atom. The fourth-order valence-electron chi connectivity index (χ4n) is 1.80. The van der Waals surface area contributed by atoms with Gasteiger partial charge < -0.3 is 9.47 Å². The molecule has 0 aliphatic carbocycles. The predicted octanol–water partition coefficient (Wildman–Crippen LogP) is 1.67. The Kier molecular flexibility index (Phi) is 4.12. The van der Waals surface area contributed by atoms with Gasteiger partial charge >= 0.3 is 0 Å². The second-order valence-corrected chi connectivity index (χ2v) is 7.06. The molecular weight excluding hydrogens is 292 g/mol. The molecule has 2 rings (SSSR count). The number of hydrogen-bond acceptors (Lipinski definition) is 5. The van der Waals surface area contributed by atoms with E-state index >= 15 is 0 Å². The van der Waals surface area contributed by atoms with Crippen LogP contribution in [0.4, 0.5) is 0 Å². The highest BCUT2D eigenvalue weighted by molar-refractivity contribution is 7.89. The number of nitrogens with one attached hydrogen (secondary N) is 1. The van der Waals surface area contributed by atoms with Gasteiger partial charge in [-0.05, 0) is 25.0 Å². The maximum absolute atomic E-state index is 12.4. The van der Waals surface area contributed by atoms with Gasteiger partial charge in [0, 0.05) is 6.07 Å². The van der Waals surface area contributed by atoms with Crippen LogP contribution in [0.1, 0.15) is 20.8 Å². The van der Waals surface area contributed by atoms with E-state index in [2.05, 4.69) is 4.72 Å². The Labute approximate surface area is 124 Å². The zero-order valence-electron chi connectivity index (χ0n) is 12.2. The van der Waals surface area contributed by atoms with Gasteiger partial charge in [0.2, 0.25) is 10.0 Å². The summed E-state index contributed by atoms with van der Waals surface area (Å²) in [5.74, 6) is 0.744. The molecule has 1 aliphatic heterocycles. The lowest BCUT2D eigenvalue weighted by Gasteiger charge is -2.27. The van der Waals surface area contributed by atoms with Crippen molar-refractivity contribution in [3.8, 4) is 17.6 Å². The van der Waals surface area contributed by atoms with E-state index in [1.165, 1.54) is 12.1 Å². The number of hydrogen-bond donors (Lipinski definition) is 1. The zero-order valence-corrected chi connectivity index (χ0v) is 13.0. The molecule has 114 valence electrons.